The Hall–Kier alpha value is -4.33. The minimum atomic E-state index is -0.709. The molecule has 0 fully saturated rings. The van der Waals surface area contributed by atoms with Gasteiger partial charge in [0, 0.05) is 41.8 Å². The van der Waals surface area contributed by atoms with Crippen molar-refractivity contribution in [2.75, 3.05) is 0 Å². The number of benzene rings is 2. The van der Waals surface area contributed by atoms with Crippen LogP contribution in [0.5, 0.6) is 0 Å². The number of nitrogens with zero attached hydrogens (tertiary/aromatic N) is 4. The van der Waals surface area contributed by atoms with Crippen molar-refractivity contribution in [2.45, 2.75) is 12.5 Å². The second kappa shape index (κ2) is 9.65. The van der Waals surface area contributed by atoms with E-state index < -0.39 is 11.9 Å². The Morgan fingerprint density at radius 2 is 1.84 bits per heavy atom. The number of pyridine rings is 1. The fourth-order valence-electron chi connectivity index (χ4n) is 3.24. The minimum absolute atomic E-state index is 0.00957. The zero-order valence-corrected chi connectivity index (χ0v) is 17.1. The molecule has 160 valence electrons. The smallest absolute Gasteiger partial charge is 0.169 e. The molecule has 2 heterocycles. The highest BCUT2D eigenvalue weighted by Gasteiger charge is 2.20. The number of rotatable bonds is 8. The molecule has 2 aromatic carbocycles. The maximum Gasteiger partial charge on any atom is 0.169 e. The summed E-state index contributed by atoms with van der Waals surface area (Å²) >= 11 is 0. The van der Waals surface area contributed by atoms with Gasteiger partial charge in [0.25, 0.3) is 0 Å². The first kappa shape index (κ1) is 20.9. The van der Waals surface area contributed by atoms with Crippen LogP contribution in [-0.2, 0) is 0 Å². The number of hydrazone groups is 1. The summed E-state index contributed by atoms with van der Waals surface area (Å²) in [6.07, 6.45) is 6.77. The largest absolute Gasteiger partial charge is 0.380 e. The summed E-state index contributed by atoms with van der Waals surface area (Å²) in [5.41, 5.74) is 11.1. The molecular formula is C24H21FN6O. The van der Waals surface area contributed by atoms with E-state index in [4.69, 9.17) is 5.73 Å². The van der Waals surface area contributed by atoms with Crippen molar-refractivity contribution in [1.82, 2.24) is 20.0 Å². The summed E-state index contributed by atoms with van der Waals surface area (Å²) in [7, 11) is 0. The fourth-order valence-corrected chi connectivity index (χ4v) is 3.24. The van der Waals surface area contributed by atoms with Gasteiger partial charge in [0.1, 0.15) is 11.5 Å². The molecule has 1 atom stereocenters. The monoisotopic (exact) mass is 428 g/mol. The number of hydrogen-bond acceptors (Lipinski definition) is 5. The van der Waals surface area contributed by atoms with Crippen LogP contribution < -0.4 is 11.2 Å². The molecule has 0 spiro atoms. The van der Waals surface area contributed by atoms with Crippen molar-refractivity contribution in [3.8, 4) is 5.69 Å². The van der Waals surface area contributed by atoms with Crippen molar-refractivity contribution in [1.29, 1.82) is 0 Å². The number of Topliss-reactive ketones (excluding diaryl/α,β-unsaturated/α-hetero) is 1. The molecular weight excluding hydrogens is 407 g/mol. The molecule has 0 bridgehead atoms. The van der Waals surface area contributed by atoms with Crippen LogP contribution in [0.1, 0.15) is 34.1 Å². The first-order valence-electron chi connectivity index (χ1n) is 9.98. The number of hydrogen-bond donors (Lipinski definition) is 2. The zero-order chi connectivity index (χ0) is 22.3. The van der Waals surface area contributed by atoms with Gasteiger partial charge in [-0.05, 0) is 42.5 Å². The van der Waals surface area contributed by atoms with E-state index in [-0.39, 0.29) is 18.0 Å². The molecule has 2 aromatic heterocycles. The van der Waals surface area contributed by atoms with Crippen molar-refractivity contribution in [3.05, 3.63) is 114 Å². The van der Waals surface area contributed by atoms with Crippen LogP contribution >= 0.6 is 0 Å². The van der Waals surface area contributed by atoms with E-state index in [9.17, 15) is 9.18 Å². The molecule has 0 aliphatic rings. The lowest BCUT2D eigenvalue weighted by Crippen LogP contribution is -2.25. The van der Waals surface area contributed by atoms with Crippen molar-refractivity contribution in [2.24, 2.45) is 10.8 Å². The summed E-state index contributed by atoms with van der Waals surface area (Å²) in [6.45, 7) is 0. The van der Waals surface area contributed by atoms with Gasteiger partial charge in [-0.1, -0.05) is 24.3 Å². The Morgan fingerprint density at radius 3 is 2.53 bits per heavy atom. The summed E-state index contributed by atoms with van der Waals surface area (Å²) in [5.74, 6) is -0.446. The minimum Gasteiger partial charge on any atom is -0.380 e. The third-order valence-electron chi connectivity index (χ3n) is 4.93. The normalized spacial score (nSPS) is 12.3. The van der Waals surface area contributed by atoms with Gasteiger partial charge in [0.2, 0.25) is 0 Å². The zero-order valence-electron chi connectivity index (χ0n) is 17.1. The molecule has 32 heavy (non-hydrogen) atoms. The van der Waals surface area contributed by atoms with E-state index in [2.05, 4.69) is 20.5 Å². The molecule has 7 nitrogen and oxygen atoms in total. The highest BCUT2D eigenvalue weighted by molar-refractivity contribution is 5.97. The topological polar surface area (TPSA) is 98.2 Å². The van der Waals surface area contributed by atoms with Gasteiger partial charge in [0.05, 0.1) is 12.4 Å². The molecule has 0 aliphatic heterocycles. The SMILES string of the molecule is N/C(=N/NC(CC(=O)c1ccc(-n2ccnc2)cc1)c1ccccc1F)c1ccccn1. The lowest BCUT2D eigenvalue weighted by molar-refractivity contribution is 0.0968. The summed E-state index contributed by atoms with van der Waals surface area (Å²) < 4.78 is 16.3. The van der Waals surface area contributed by atoms with Gasteiger partial charge in [-0.15, -0.1) is 0 Å². The average Bonchev–Trinajstić information content (AvgIpc) is 3.38. The molecule has 0 saturated carbocycles. The lowest BCUT2D eigenvalue weighted by atomic mass is 9.98. The van der Waals surface area contributed by atoms with E-state index in [0.29, 0.717) is 16.8 Å². The number of amidine groups is 1. The van der Waals surface area contributed by atoms with Gasteiger partial charge < -0.3 is 10.3 Å². The quantitative estimate of drug-likeness (QED) is 0.193. The number of nitrogens with one attached hydrogen (secondary N) is 1. The Bertz CT molecular complexity index is 1210. The van der Waals surface area contributed by atoms with Crippen LogP contribution in [0.2, 0.25) is 0 Å². The van der Waals surface area contributed by atoms with E-state index in [1.807, 2.05) is 22.9 Å². The first-order valence-corrected chi connectivity index (χ1v) is 9.98. The number of ketones is 1. The number of nitrogens with two attached hydrogens (primary N) is 1. The third-order valence-corrected chi connectivity index (χ3v) is 4.93. The number of imidazole rings is 1. The molecule has 4 aromatic rings. The molecule has 0 saturated heterocycles. The standard InChI is InChI=1S/C24H21FN6O/c25-20-6-2-1-5-19(20)22(29-30-24(26)21-7-3-4-12-28-21)15-23(32)17-8-10-18(11-9-17)31-14-13-27-16-31/h1-14,16,22,29H,15H2,(H2,26,30). The van der Waals surface area contributed by atoms with Crippen LogP contribution in [0.3, 0.4) is 0 Å². The van der Waals surface area contributed by atoms with Crippen LogP contribution in [0.15, 0.2) is 96.7 Å². The van der Waals surface area contributed by atoms with E-state index >= 15 is 0 Å². The van der Waals surface area contributed by atoms with Crippen LogP contribution in [0.25, 0.3) is 5.69 Å². The molecule has 3 N–H and O–H groups in total. The number of carbonyl (C=O) groups excluding carboxylic acids is 1. The first-order chi connectivity index (χ1) is 15.6. The molecule has 0 aliphatic carbocycles. The maximum absolute atomic E-state index is 14.5. The van der Waals surface area contributed by atoms with Gasteiger partial charge in [-0.25, -0.2) is 9.37 Å². The Kier molecular flexibility index (Phi) is 6.31. The number of carbonyl (C=O) groups is 1. The van der Waals surface area contributed by atoms with Crippen molar-refractivity contribution >= 4 is 11.6 Å². The van der Waals surface area contributed by atoms with Crippen molar-refractivity contribution in [3.63, 3.8) is 0 Å². The molecule has 0 radical (unpaired) electrons. The Balaban J connectivity index is 1.55. The second-order valence-electron chi connectivity index (χ2n) is 7.06. The van der Waals surface area contributed by atoms with Crippen molar-refractivity contribution < 1.29 is 9.18 Å². The highest BCUT2D eigenvalue weighted by Crippen LogP contribution is 2.23. The Morgan fingerprint density at radius 1 is 1.06 bits per heavy atom. The van der Waals surface area contributed by atoms with E-state index in [1.54, 1.807) is 67.3 Å². The van der Waals surface area contributed by atoms with Gasteiger partial charge in [-0.3, -0.25) is 15.2 Å². The average molecular weight is 428 g/mol. The maximum atomic E-state index is 14.5. The predicted octanol–water partition coefficient (Wildman–Crippen LogP) is 3.63. The number of aromatic nitrogens is 3. The van der Waals surface area contributed by atoms with E-state index in [1.165, 1.54) is 6.07 Å². The van der Waals surface area contributed by atoms with E-state index in [0.717, 1.165) is 5.69 Å². The van der Waals surface area contributed by atoms with Gasteiger partial charge >= 0.3 is 0 Å². The van der Waals surface area contributed by atoms with Gasteiger partial charge in [0.15, 0.2) is 11.6 Å². The Labute approximate surface area is 184 Å². The molecule has 0 amide bonds. The third kappa shape index (κ3) is 4.86. The van der Waals surface area contributed by atoms with Gasteiger partial charge in [-0.2, -0.15) is 5.10 Å². The summed E-state index contributed by atoms with van der Waals surface area (Å²) in [6, 6.07) is 18.0. The predicted molar refractivity (Wildman–Crippen MR) is 120 cm³/mol. The summed E-state index contributed by atoms with van der Waals surface area (Å²) in [5, 5.41) is 4.16. The van der Waals surface area contributed by atoms with Crippen LogP contribution in [0, 0.1) is 5.82 Å². The van der Waals surface area contributed by atoms with Crippen LogP contribution in [-0.4, -0.2) is 26.2 Å². The lowest BCUT2D eigenvalue weighted by Gasteiger charge is -2.18. The fraction of sp³-hybridized carbons (Fsp3) is 0.0833. The highest BCUT2D eigenvalue weighted by atomic mass is 19.1. The molecule has 8 heteroatoms. The second-order valence-corrected chi connectivity index (χ2v) is 7.06. The summed E-state index contributed by atoms with van der Waals surface area (Å²) in [4.78, 5) is 21.1. The van der Waals surface area contributed by atoms with Crippen LogP contribution in [0.4, 0.5) is 4.39 Å². The molecule has 4 rings (SSSR count). The molecule has 1 unspecified atom stereocenters. The number of halogens is 1.